The first-order valence-corrected chi connectivity index (χ1v) is 8.42. The fraction of sp³-hybridized carbons (Fsp3) is 0.625. The Balaban J connectivity index is 2.34. The number of ether oxygens (including phenoxy) is 5. The number of rotatable bonds is 13. The summed E-state index contributed by atoms with van der Waals surface area (Å²) in [6, 6.07) is 3.71. The number of hydrogen-bond acceptors (Lipinski definition) is 5. The van der Waals surface area contributed by atoms with E-state index in [1.54, 1.807) is 14.2 Å². The molecule has 0 unspecified atom stereocenters. The van der Waals surface area contributed by atoms with Crippen LogP contribution in [0.2, 0.25) is 0 Å². The van der Waals surface area contributed by atoms with E-state index in [1.165, 1.54) is 0 Å². The average Bonchev–Trinajstić information content (AvgIpc) is 2.59. The lowest BCUT2D eigenvalue weighted by atomic mass is 10.1. The summed E-state index contributed by atoms with van der Waals surface area (Å²) < 4.78 is 26.6. The molecule has 0 bridgehead atoms. The van der Waals surface area contributed by atoms with E-state index in [0.717, 1.165) is 11.1 Å². The topological polar surface area (TPSA) is 46.2 Å². The lowest BCUT2D eigenvalue weighted by Gasteiger charge is -2.14. The molecule has 0 saturated carbocycles. The predicted octanol–water partition coefficient (Wildman–Crippen LogP) is 3.23. The first kappa shape index (κ1) is 20.3. The molecule has 1 aromatic carbocycles. The van der Waals surface area contributed by atoms with E-state index < -0.39 is 0 Å². The SMILES string of the molecule is COCCOCCOCCOc1cc(CCl)c(OC)cc1CCl. The Hall–Kier alpha value is -0.720. The smallest absolute Gasteiger partial charge is 0.124 e. The second kappa shape index (κ2) is 12.7. The highest BCUT2D eigenvalue weighted by molar-refractivity contribution is 6.18. The van der Waals surface area contributed by atoms with Gasteiger partial charge in [0.1, 0.15) is 18.1 Å². The van der Waals surface area contributed by atoms with Crippen LogP contribution < -0.4 is 9.47 Å². The molecule has 0 saturated heterocycles. The Morgan fingerprint density at radius 3 is 1.83 bits per heavy atom. The number of methoxy groups -OCH3 is 2. The maximum Gasteiger partial charge on any atom is 0.124 e. The van der Waals surface area contributed by atoms with Crippen molar-refractivity contribution >= 4 is 23.2 Å². The molecule has 0 heterocycles. The van der Waals surface area contributed by atoms with Crippen molar-refractivity contribution in [2.75, 3.05) is 53.9 Å². The molecule has 0 aromatic heterocycles. The molecule has 0 radical (unpaired) electrons. The highest BCUT2D eigenvalue weighted by Gasteiger charge is 2.10. The third-order valence-electron chi connectivity index (χ3n) is 3.04. The van der Waals surface area contributed by atoms with Crippen LogP contribution in [0, 0.1) is 0 Å². The Kier molecular flexibility index (Phi) is 11.2. The van der Waals surface area contributed by atoms with Crippen molar-refractivity contribution in [2.24, 2.45) is 0 Å². The van der Waals surface area contributed by atoms with Crippen LogP contribution in [0.25, 0.3) is 0 Å². The molecule has 0 aliphatic carbocycles. The normalized spacial score (nSPS) is 10.8. The van der Waals surface area contributed by atoms with Gasteiger partial charge in [0.25, 0.3) is 0 Å². The van der Waals surface area contributed by atoms with Gasteiger partial charge < -0.3 is 23.7 Å². The molecule has 0 aliphatic rings. The van der Waals surface area contributed by atoms with E-state index in [0.29, 0.717) is 62.9 Å². The van der Waals surface area contributed by atoms with Crippen molar-refractivity contribution < 1.29 is 23.7 Å². The van der Waals surface area contributed by atoms with Gasteiger partial charge in [-0.25, -0.2) is 0 Å². The summed E-state index contributed by atoms with van der Waals surface area (Å²) in [7, 11) is 3.24. The minimum Gasteiger partial charge on any atom is -0.496 e. The van der Waals surface area contributed by atoms with Crippen LogP contribution in [-0.4, -0.2) is 53.9 Å². The number of halogens is 2. The van der Waals surface area contributed by atoms with Gasteiger partial charge in [-0.2, -0.15) is 0 Å². The van der Waals surface area contributed by atoms with E-state index in [2.05, 4.69) is 0 Å². The monoisotopic (exact) mass is 366 g/mol. The van der Waals surface area contributed by atoms with Crippen molar-refractivity contribution in [1.82, 2.24) is 0 Å². The maximum absolute atomic E-state index is 5.95. The van der Waals surface area contributed by atoms with Gasteiger partial charge in [-0.1, -0.05) is 0 Å². The summed E-state index contributed by atoms with van der Waals surface area (Å²) in [5, 5.41) is 0. The van der Waals surface area contributed by atoms with Gasteiger partial charge in [-0.3, -0.25) is 0 Å². The zero-order valence-corrected chi connectivity index (χ0v) is 15.1. The Labute approximate surface area is 147 Å². The molecule has 132 valence electrons. The summed E-state index contributed by atoms with van der Waals surface area (Å²) in [6.07, 6.45) is 0. The molecule has 0 aliphatic heterocycles. The second-order valence-corrected chi connectivity index (χ2v) is 5.14. The van der Waals surface area contributed by atoms with Crippen molar-refractivity contribution in [2.45, 2.75) is 11.8 Å². The van der Waals surface area contributed by atoms with E-state index in [-0.39, 0.29) is 0 Å². The van der Waals surface area contributed by atoms with E-state index in [1.807, 2.05) is 12.1 Å². The Morgan fingerprint density at radius 2 is 1.26 bits per heavy atom. The zero-order valence-electron chi connectivity index (χ0n) is 13.6. The molecule has 0 N–H and O–H groups in total. The van der Waals surface area contributed by atoms with Crippen molar-refractivity contribution in [1.29, 1.82) is 0 Å². The van der Waals surface area contributed by atoms with Crippen molar-refractivity contribution in [3.05, 3.63) is 23.3 Å². The molecule has 0 fully saturated rings. The lowest BCUT2D eigenvalue weighted by Crippen LogP contribution is -2.12. The highest BCUT2D eigenvalue weighted by Crippen LogP contribution is 2.31. The van der Waals surface area contributed by atoms with Crippen LogP contribution in [0.15, 0.2) is 12.1 Å². The minimum atomic E-state index is 0.336. The molecular weight excluding hydrogens is 343 g/mol. The van der Waals surface area contributed by atoms with E-state index >= 15 is 0 Å². The lowest BCUT2D eigenvalue weighted by molar-refractivity contribution is 0.0179. The molecule has 0 atom stereocenters. The van der Waals surface area contributed by atoms with Gasteiger partial charge in [0.15, 0.2) is 0 Å². The standard InChI is InChI=1S/C16H24Cl2O5/c1-19-3-4-21-5-6-22-7-8-23-16-10-13(11-17)15(20-2)9-14(16)12-18/h9-10H,3-8,11-12H2,1-2H3. The fourth-order valence-electron chi connectivity index (χ4n) is 1.85. The van der Waals surface area contributed by atoms with Crippen LogP contribution in [0.5, 0.6) is 11.5 Å². The van der Waals surface area contributed by atoms with E-state index in [4.69, 9.17) is 46.9 Å². The summed E-state index contributed by atoms with van der Waals surface area (Å²) in [4.78, 5) is 0. The highest BCUT2D eigenvalue weighted by atomic mass is 35.5. The first-order chi connectivity index (χ1) is 11.3. The number of hydrogen-bond donors (Lipinski definition) is 0. The molecule has 0 amide bonds. The van der Waals surface area contributed by atoms with Gasteiger partial charge in [0, 0.05) is 18.2 Å². The molecule has 5 nitrogen and oxygen atoms in total. The molecule has 7 heteroatoms. The predicted molar refractivity (Wildman–Crippen MR) is 91.1 cm³/mol. The summed E-state index contributed by atoms with van der Waals surface area (Å²) in [5.74, 6) is 2.10. The Bertz CT molecular complexity index is 443. The van der Waals surface area contributed by atoms with Gasteiger partial charge in [-0.15, -0.1) is 23.2 Å². The second-order valence-electron chi connectivity index (χ2n) is 4.61. The van der Waals surface area contributed by atoms with Gasteiger partial charge in [-0.05, 0) is 12.1 Å². The van der Waals surface area contributed by atoms with E-state index in [9.17, 15) is 0 Å². The Morgan fingerprint density at radius 1 is 0.739 bits per heavy atom. The van der Waals surface area contributed by atoms with Crippen LogP contribution in [0.1, 0.15) is 11.1 Å². The van der Waals surface area contributed by atoms with Crippen LogP contribution in [0.4, 0.5) is 0 Å². The minimum absolute atomic E-state index is 0.336. The third kappa shape index (κ3) is 7.59. The summed E-state index contributed by atoms with van der Waals surface area (Å²) in [5.41, 5.74) is 1.73. The van der Waals surface area contributed by atoms with Crippen LogP contribution in [-0.2, 0) is 26.0 Å². The van der Waals surface area contributed by atoms with Gasteiger partial charge >= 0.3 is 0 Å². The van der Waals surface area contributed by atoms with Gasteiger partial charge in [0.05, 0.1) is 51.9 Å². The molecular formula is C16H24Cl2O5. The summed E-state index contributed by atoms with van der Waals surface area (Å²) >= 11 is 11.9. The third-order valence-corrected chi connectivity index (χ3v) is 3.62. The van der Waals surface area contributed by atoms with Crippen molar-refractivity contribution in [3.8, 4) is 11.5 Å². The fourth-order valence-corrected chi connectivity index (χ4v) is 2.27. The molecule has 0 spiro atoms. The van der Waals surface area contributed by atoms with Crippen LogP contribution in [0.3, 0.4) is 0 Å². The molecule has 1 aromatic rings. The first-order valence-electron chi connectivity index (χ1n) is 7.35. The van der Waals surface area contributed by atoms with Crippen LogP contribution >= 0.6 is 23.2 Å². The van der Waals surface area contributed by atoms with Crippen molar-refractivity contribution in [3.63, 3.8) is 0 Å². The number of alkyl halides is 2. The summed E-state index contributed by atoms with van der Waals surface area (Å²) in [6.45, 7) is 3.11. The average molecular weight is 367 g/mol. The molecule has 1 rings (SSSR count). The number of benzene rings is 1. The van der Waals surface area contributed by atoms with Gasteiger partial charge in [0.2, 0.25) is 0 Å². The largest absolute Gasteiger partial charge is 0.496 e. The maximum atomic E-state index is 5.95. The quantitative estimate of drug-likeness (QED) is 0.396. The molecule has 23 heavy (non-hydrogen) atoms. The zero-order chi connectivity index (χ0) is 16.9.